The molecular formula is C24H37N11O3. The zero-order chi connectivity index (χ0) is 26.8. The average Bonchev–Trinajstić information content (AvgIpc) is 2.88. The number of hydrogen-bond acceptors (Lipinski definition) is 13. The Kier molecular flexibility index (Phi) is 7.76. The first-order valence-corrected chi connectivity index (χ1v) is 13.0. The lowest BCUT2D eigenvalue weighted by atomic mass is 10.0. The first-order chi connectivity index (χ1) is 18.2. The summed E-state index contributed by atoms with van der Waals surface area (Å²) in [7, 11) is 0. The molecular weight excluding hydrogens is 490 g/mol. The summed E-state index contributed by atoms with van der Waals surface area (Å²) in [5.41, 5.74) is 25.6. The van der Waals surface area contributed by atoms with Crippen LogP contribution in [0.15, 0.2) is 18.2 Å². The first kappa shape index (κ1) is 26.3. The van der Waals surface area contributed by atoms with E-state index >= 15 is 0 Å². The molecule has 5 rings (SSSR count). The van der Waals surface area contributed by atoms with Gasteiger partial charge in [0, 0.05) is 75.2 Å². The number of phenolic OH excluding ortho intramolecular Hbond substituents is 1. The molecule has 4 heterocycles. The summed E-state index contributed by atoms with van der Waals surface area (Å²) in [5, 5.41) is 13.8. The number of morpholine rings is 1. The van der Waals surface area contributed by atoms with Crippen LogP contribution >= 0.6 is 0 Å². The van der Waals surface area contributed by atoms with Gasteiger partial charge in [0.05, 0.1) is 18.8 Å². The molecule has 4 atom stereocenters. The fourth-order valence-corrected chi connectivity index (χ4v) is 5.23. The molecule has 3 fully saturated rings. The van der Waals surface area contributed by atoms with Crippen molar-refractivity contribution in [2.75, 3.05) is 67.6 Å². The van der Waals surface area contributed by atoms with Gasteiger partial charge in [0.1, 0.15) is 5.75 Å². The van der Waals surface area contributed by atoms with Crippen LogP contribution in [-0.2, 0) is 4.74 Å². The minimum atomic E-state index is -0.238. The van der Waals surface area contributed by atoms with E-state index in [1.54, 1.807) is 17.0 Å². The van der Waals surface area contributed by atoms with Crippen molar-refractivity contribution in [3.05, 3.63) is 23.8 Å². The van der Waals surface area contributed by atoms with Gasteiger partial charge in [0.25, 0.3) is 5.91 Å². The Morgan fingerprint density at radius 1 is 0.868 bits per heavy atom. The maximum atomic E-state index is 12.8. The second-order valence-corrected chi connectivity index (χ2v) is 10.3. The Morgan fingerprint density at radius 3 is 1.89 bits per heavy atom. The van der Waals surface area contributed by atoms with E-state index in [0.29, 0.717) is 70.1 Å². The Labute approximate surface area is 221 Å². The third-order valence-corrected chi connectivity index (χ3v) is 6.99. The molecule has 0 bridgehead atoms. The van der Waals surface area contributed by atoms with Crippen molar-refractivity contribution in [3.8, 4) is 5.75 Å². The smallest absolute Gasteiger partial charge is 0.257 e. The molecule has 10 N–H and O–H groups in total. The summed E-state index contributed by atoms with van der Waals surface area (Å²) in [6, 6.07) is 4.39. The van der Waals surface area contributed by atoms with Gasteiger partial charge in [-0.3, -0.25) is 4.79 Å². The molecule has 1 aromatic heterocycles. The molecule has 0 radical (unpaired) electrons. The molecule has 14 nitrogen and oxygen atoms in total. The summed E-state index contributed by atoms with van der Waals surface area (Å²) < 4.78 is 5.31. The average molecular weight is 528 g/mol. The number of nitrogens with two attached hydrogens (primary N) is 4. The number of carbonyl (C=O) groups excluding carboxylic acids is 1. The van der Waals surface area contributed by atoms with Crippen molar-refractivity contribution in [2.24, 2.45) is 22.9 Å². The largest absolute Gasteiger partial charge is 0.507 e. The number of aromatic nitrogens is 3. The molecule has 14 heteroatoms. The van der Waals surface area contributed by atoms with E-state index in [0.717, 1.165) is 12.8 Å². The third-order valence-electron chi connectivity index (χ3n) is 6.99. The topological polar surface area (TPSA) is 211 Å². The predicted octanol–water partition coefficient (Wildman–Crippen LogP) is -1.48. The standard InChI is InChI=1S/C24H37N11O3/c25-14-7-15(26)11-34(10-14)23-30-22(31-24(32-23)35-12-16(27)8-17(28)13-35)29-18-1-2-19(20(36)9-18)21(37)33-3-5-38-6-4-33/h1-2,9,14-17,36H,3-8,10-13,25-28H2,(H,29,30,31,32)/t14-,15+,16-,17+. The van der Waals surface area contributed by atoms with Crippen molar-refractivity contribution in [2.45, 2.75) is 37.0 Å². The van der Waals surface area contributed by atoms with E-state index in [9.17, 15) is 9.90 Å². The lowest BCUT2D eigenvalue weighted by molar-refractivity contribution is 0.0301. The van der Waals surface area contributed by atoms with Gasteiger partial charge in [-0.2, -0.15) is 15.0 Å². The number of rotatable bonds is 5. The second-order valence-electron chi connectivity index (χ2n) is 10.3. The predicted molar refractivity (Wildman–Crippen MR) is 144 cm³/mol. The van der Waals surface area contributed by atoms with E-state index in [2.05, 4.69) is 15.3 Å². The van der Waals surface area contributed by atoms with Gasteiger partial charge in [0.2, 0.25) is 17.8 Å². The highest BCUT2D eigenvalue weighted by molar-refractivity contribution is 5.97. The van der Waals surface area contributed by atoms with Crippen LogP contribution in [0.3, 0.4) is 0 Å². The molecule has 3 saturated heterocycles. The van der Waals surface area contributed by atoms with Crippen LogP contribution in [0.5, 0.6) is 5.75 Å². The van der Waals surface area contributed by atoms with E-state index in [1.807, 2.05) is 9.80 Å². The number of aromatic hydroxyl groups is 1. The van der Waals surface area contributed by atoms with Gasteiger partial charge in [0.15, 0.2) is 0 Å². The molecule has 0 unspecified atom stereocenters. The van der Waals surface area contributed by atoms with Crippen molar-refractivity contribution in [1.29, 1.82) is 0 Å². The molecule has 38 heavy (non-hydrogen) atoms. The number of nitrogens with zero attached hydrogens (tertiary/aromatic N) is 6. The zero-order valence-electron chi connectivity index (χ0n) is 21.4. The van der Waals surface area contributed by atoms with E-state index in [4.69, 9.17) is 32.7 Å². The number of carbonyl (C=O) groups is 1. The summed E-state index contributed by atoms with van der Waals surface area (Å²) >= 11 is 0. The molecule has 3 aliphatic heterocycles. The quantitative estimate of drug-likeness (QED) is 0.262. The molecule has 1 amide bonds. The molecule has 2 aromatic rings. The number of ether oxygens (including phenoxy) is 1. The van der Waals surface area contributed by atoms with Crippen molar-refractivity contribution in [1.82, 2.24) is 19.9 Å². The van der Waals surface area contributed by atoms with Crippen molar-refractivity contribution < 1.29 is 14.6 Å². The van der Waals surface area contributed by atoms with Crippen LogP contribution in [0.1, 0.15) is 23.2 Å². The Bertz CT molecular complexity index is 1080. The number of anilines is 4. The highest BCUT2D eigenvalue weighted by Crippen LogP contribution is 2.27. The lowest BCUT2D eigenvalue weighted by Gasteiger charge is -2.37. The fraction of sp³-hybridized carbons (Fsp3) is 0.583. The summed E-state index contributed by atoms with van der Waals surface area (Å²) in [6.07, 6.45) is 1.45. The fourth-order valence-electron chi connectivity index (χ4n) is 5.23. The van der Waals surface area contributed by atoms with Crippen molar-refractivity contribution >= 4 is 29.4 Å². The van der Waals surface area contributed by atoms with Gasteiger partial charge in [-0.05, 0) is 25.0 Å². The monoisotopic (exact) mass is 527 g/mol. The molecule has 0 spiro atoms. The number of amides is 1. The highest BCUT2D eigenvalue weighted by Gasteiger charge is 2.29. The summed E-state index contributed by atoms with van der Waals surface area (Å²) in [5.74, 6) is 0.787. The molecule has 0 saturated carbocycles. The Morgan fingerprint density at radius 2 is 1.39 bits per heavy atom. The lowest BCUT2D eigenvalue weighted by Crippen LogP contribution is -2.54. The van der Waals surface area contributed by atoms with Crippen LogP contribution in [-0.4, -0.2) is 108 Å². The van der Waals surface area contributed by atoms with Crippen LogP contribution in [0.4, 0.5) is 23.5 Å². The minimum absolute atomic E-state index is 0.0966. The van der Waals surface area contributed by atoms with E-state index < -0.39 is 0 Å². The third kappa shape index (κ3) is 6.05. The molecule has 206 valence electrons. The highest BCUT2D eigenvalue weighted by atomic mass is 16.5. The van der Waals surface area contributed by atoms with Gasteiger partial charge >= 0.3 is 0 Å². The number of hydrogen-bond donors (Lipinski definition) is 6. The zero-order valence-corrected chi connectivity index (χ0v) is 21.4. The number of benzene rings is 1. The van der Waals surface area contributed by atoms with Crippen molar-refractivity contribution in [3.63, 3.8) is 0 Å². The normalized spacial score (nSPS) is 26.4. The molecule has 0 aliphatic carbocycles. The number of phenols is 1. The van der Waals surface area contributed by atoms with E-state index in [-0.39, 0.29) is 47.3 Å². The van der Waals surface area contributed by atoms with Crippen LogP contribution in [0, 0.1) is 0 Å². The Balaban J connectivity index is 1.41. The number of nitrogens with one attached hydrogen (secondary N) is 1. The summed E-state index contributed by atoms with van der Waals surface area (Å²) in [4.78, 5) is 32.4. The summed E-state index contributed by atoms with van der Waals surface area (Å²) in [6.45, 7) is 4.20. The van der Waals surface area contributed by atoms with E-state index in [1.165, 1.54) is 6.07 Å². The second kappa shape index (κ2) is 11.2. The maximum Gasteiger partial charge on any atom is 0.257 e. The van der Waals surface area contributed by atoms with Gasteiger partial charge in [-0.25, -0.2) is 0 Å². The Hall–Kier alpha value is -3.30. The van der Waals surface area contributed by atoms with Gasteiger partial charge in [-0.15, -0.1) is 0 Å². The van der Waals surface area contributed by atoms with Crippen LogP contribution < -0.4 is 38.1 Å². The first-order valence-electron chi connectivity index (χ1n) is 13.0. The van der Waals surface area contributed by atoms with Crippen LogP contribution in [0.25, 0.3) is 0 Å². The maximum absolute atomic E-state index is 12.8. The molecule has 3 aliphatic rings. The number of piperidine rings is 2. The minimum Gasteiger partial charge on any atom is -0.507 e. The van der Waals surface area contributed by atoms with Crippen LogP contribution in [0.2, 0.25) is 0 Å². The molecule has 1 aromatic carbocycles. The van der Waals surface area contributed by atoms with Gasteiger partial charge < -0.3 is 52.8 Å². The van der Waals surface area contributed by atoms with Gasteiger partial charge in [-0.1, -0.05) is 0 Å². The SMILES string of the molecule is N[C@@H]1C[C@H](N)CN(c2nc(Nc3ccc(C(=O)N4CCOCC4)c(O)c3)nc(N3C[C@H](N)C[C@H](N)C3)n2)C1.